The molecule has 1 fully saturated rings. The number of nitrogens with zero attached hydrogens (tertiary/aromatic N) is 1. The lowest BCUT2D eigenvalue weighted by Gasteiger charge is -2.16. The topological polar surface area (TPSA) is 87.7 Å². The monoisotopic (exact) mass is 379 g/mol. The summed E-state index contributed by atoms with van der Waals surface area (Å²) in [5.41, 5.74) is 1.51. The van der Waals surface area contributed by atoms with Gasteiger partial charge in [-0.2, -0.15) is 0 Å². The van der Waals surface area contributed by atoms with E-state index in [2.05, 4.69) is 10.6 Å². The summed E-state index contributed by atoms with van der Waals surface area (Å²) in [6.07, 6.45) is 5.99. The molecule has 8 heteroatoms. The number of ether oxygens (including phenoxy) is 1. The molecule has 1 heterocycles. The second-order valence-electron chi connectivity index (χ2n) is 6.97. The van der Waals surface area contributed by atoms with Gasteiger partial charge in [-0.15, -0.1) is 11.3 Å². The first-order chi connectivity index (χ1) is 12.5. The SMILES string of the molecule is COC(=O)c1c(NC(=O)CN(C)CC(=O)NC2CC2)sc2c1CCCC2. The third-order valence-corrected chi connectivity index (χ3v) is 5.79. The Kier molecular flexibility index (Phi) is 5.93. The predicted molar refractivity (Wildman–Crippen MR) is 99.6 cm³/mol. The summed E-state index contributed by atoms with van der Waals surface area (Å²) in [4.78, 5) is 39.2. The Balaban J connectivity index is 1.62. The van der Waals surface area contributed by atoms with Gasteiger partial charge < -0.3 is 15.4 Å². The van der Waals surface area contributed by atoms with E-state index < -0.39 is 5.97 Å². The highest BCUT2D eigenvalue weighted by atomic mass is 32.1. The average molecular weight is 379 g/mol. The number of carbonyl (C=O) groups excluding carboxylic acids is 3. The third-order valence-electron chi connectivity index (χ3n) is 4.58. The summed E-state index contributed by atoms with van der Waals surface area (Å²) >= 11 is 1.46. The Morgan fingerprint density at radius 2 is 1.85 bits per heavy atom. The first kappa shape index (κ1) is 18.8. The number of nitrogens with one attached hydrogen (secondary N) is 2. The molecular weight excluding hydrogens is 354 g/mol. The van der Waals surface area contributed by atoms with E-state index in [1.807, 2.05) is 0 Å². The molecule has 0 radical (unpaired) electrons. The Bertz CT molecular complexity index is 712. The molecule has 0 atom stereocenters. The summed E-state index contributed by atoms with van der Waals surface area (Å²) in [7, 11) is 3.08. The fourth-order valence-corrected chi connectivity index (χ4v) is 4.48. The van der Waals surface area contributed by atoms with Gasteiger partial charge in [0.25, 0.3) is 0 Å². The molecule has 7 nitrogen and oxygen atoms in total. The number of aryl methyl sites for hydroxylation is 1. The second kappa shape index (κ2) is 8.18. The van der Waals surface area contributed by atoms with Gasteiger partial charge in [-0.3, -0.25) is 14.5 Å². The number of thiophene rings is 1. The number of amides is 2. The van der Waals surface area contributed by atoms with Crippen LogP contribution in [0.1, 0.15) is 46.5 Å². The van der Waals surface area contributed by atoms with Crippen LogP contribution in [0.2, 0.25) is 0 Å². The Labute approximate surface area is 157 Å². The normalized spacial score (nSPS) is 16.1. The molecular formula is C18H25N3O4S. The number of hydrogen-bond acceptors (Lipinski definition) is 6. The maximum atomic E-state index is 12.4. The van der Waals surface area contributed by atoms with Gasteiger partial charge in [0.05, 0.1) is 25.8 Å². The fraction of sp³-hybridized carbons (Fsp3) is 0.611. The largest absolute Gasteiger partial charge is 0.465 e. The van der Waals surface area contributed by atoms with Crippen molar-refractivity contribution in [3.63, 3.8) is 0 Å². The number of hydrogen-bond donors (Lipinski definition) is 2. The van der Waals surface area contributed by atoms with Gasteiger partial charge in [0.1, 0.15) is 5.00 Å². The fourth-order valence-electron chi connectivity index (χ4n) is 3.19. The minimum absolute atomic E-state index is 0.0652. The van der Waals surface area contributed by atoms with Crippen molar-refractivity contribution in [3.05, 3.63) is 16.0 Å². The minimum atomic E-state index is -0.406. The van der Waals surface area contributed by atoms with Gasteiger partial charge in [0.15, 0.2) is 0 Å². The lowest BCUT2D eigenvalue weighted by molar-refractivity contribution is -0.123. The van der Waals surface area contributed by atoms with Crippen molar-refractivity contribution in [2.75, 3.05) is 32.6 Å². The van der Waals surface area contributed by atoms with Crippen molar-refractivity contribution < 1.29 is 19.1 Å². The molecule has 1 saturated carbocycles. The molecule has 0 spiro atoms. The number of fused-ring (bicyclic) bond motifs is 1. The van der Waals surface area contributed by atoms with Gasteiger partial charge in [0, 0.05) is 10.9 Å². The number of likely N-dealkylation sites (N-methyl/N-ethyl adjacent to an activating group) is 1. The van der Waals surface area contributed by atoms with E-state index in [-0.39, 0.29) is 24.9 Å². The summed E-state index contributed by atoms with van der Waals surface area (Å²) in [6.45, 7) is 0.260. The molecule has 0 aliphatic heterocycles. The number of anilines is 1. The van der Waals surface area contributed by atoms with Crippen molar-refractivity contribution in [2.24, 2.45) is 0 Å². The zero-order valence-corrected chi connectivity index (χ0v) is 16.0. The van der Waals surface area contributed by atoms with Crippen molar-refractivity contribution in [1.29, 1.82) is 0 Å². The predicted octanol–water partition coefficient (Wildman–Crippen LogP) is 1.56. The van der Waals surface area contributed by atoms with Crippen LogP contribution in [0, 0.1) is 0 Å². The van der Waals surface area contributed by atoms with Gasteiger partial charge in [-0.05, 0) is 51.1 Å². The number of esters is 1. The Hall–Kier alpha value is -1.93. The van der Waals surface area contributed by atoms with Crippen LogP contribution in [-0.4, -0.2) is 56.0 Å². The molecule has 1 aromatic heterocycles. The maximum Gasteiger partial charge on any atom is 0.341 e. The molecule has 1 aromatic rings. The Morgan fingerprint density at radius 3 is 2.54 bits per heavy atom. The molecule has 0 saturated heterocycles. The van der Waals surface area contributed by atoms with Gasteiger partial charge in [-0.25, -0.2) is 4.79 Å². The van der Waals surface area contributed by atoms with Crippen molar-refractivity contribution in [2.45, 2.75) is 44.6 Å². The van der Waals surface area contributed by atoms with Crippen LogP contribution in [0.15, 0.2) is 0 Å². The Morgan fingerprint density at radius 1 is 1.15 bits per heavy atom. The standard InChI is InChI=1S/C18H25N3O4S/c1-21(9-14(22)19-11-7-8-11)10-15(23)20-17-16(18(24)25-2)12-5-3-4-6-13(12)26-17/h11H,3-10H2,1-2H3,(H,19,22)(H,20,23). The van der Waals surface area contributed by atoms with E-state index in [0.717, 1.165) is 49.0 Å². The van der Waals surface area contributed by atoms with Crippen LogP contribution in [0.4, 0.5) is 5.00 Å². The van der Waals surface area contributed by atoms with E-state index >= 15 is 0 Å². The third kappa shape index (κ3) is 4.62. The molecule has 26 heavy (non-hydrogen) atoms. The molecule has 2 aliphatic carbocycles. The molecule has 2 amide bonds. The molecule has 0 aromatic carbocycles. The summed E-state index contributed by atoms with van der Waals surface area (Å²) < 4.78 is 4.91. The number of rotatable bonds is 7. The lowest BCUT2D eigenvalue weighted by Crippen LogP contribution is -2.39. The van der Waals surface area contributed by atoms with E-state index in [0.29, 0.717) is 16.6 Å². The molecule has 142 valence electrons. The van der Waals surface area contributed by atoms with Crippen LogP contribution >= 0.6 is 11.3 Å². The van der Waals surface area contributed by atoms with Crippen LogP contribution in [0.25, 0.3) is 0 Å². The van der Waals surface area contributed by atoms with Crippen molar-refractivity contribution >= 4 is 34.1 Å². The number of carbonyl (C=O) groups is 3. The van der Waals surface area contributed by atoms with Crippen LogP contribution < -0.4 is 10.6 Å². The lowest BCUT2D eigenvalue weighted by atomic mass is 9.95. The highest BCUT2D eigenvalue weighted by Gasteiger charge is 2.27. The van der Waals surface area contributed by atoms with Gasteiger partial charge in [0.2, 0.25) is 11.8 Å². The molecule has 0 unspecified atom stereocenters. The van der Waals surface area contributed by atoms with Crippen molar-refractivity contribution in [1.82, 2.24) is 10.2 Å². The highest BCUT2D eigenvalue weighted by molar-refractivity contribution is 7.17. The average Bonchev–Trinajstić information content (AvgIpc) is 3.32. The van der Waals surface area contributed by atoms with E-state index in [1.54, 1.807) is 11.9 Å². The zero-order chi connectivity index (χ0) is 18.7. The van der Waals surface area contributed by atoms with Gasteiger partial charge >= 0.3 is 5.97 Å². The molecule has 2 aliphatic rings. The highest BCUT2D eigenvalue weighted by Crippen LogP contribution is 2.38. The molecule has 2 N–H and O–H groups in total. The first-order valence-electron chi connectivity index (χ1n) is 8.98. The zero-order valence-electron chi connectivity index (χ0n) is 15.2. The molecule has 3 rings (SSSR count). The van der Waals surface area contributed by atoms with E-state index in [1.165, 1.54) is 18.4 Å². The summed E-state index contributed by atoms with van der Waals surface area (Å²) in [6, 6.07) is 0.310. The van der Waals surface area contributed by atoms with E-state index in [4.69, 9.17) is 4.74 Å². The van der Waals surface area contributed by atoms with Crippen molar-refractivity contribution in [3.8, 4) is 0 Å². The maximum absolute atomic E-state index is 12.4. The van der Waals surface area contributed by atoms with Crippen LogP contribution in [0.3, 0.4) is 0 Å². The van der Waals surface area contributed by atoms with Crippen LogP contribution in [-0.2, 0) is 27.2 Å². The van der Waals surface area contributed by atoms with Gasteiger partial charge in [-0.1, -0.05) is 0 Å². The number of methoxy groups -OCH3 is 1. The summed E-state index contributed by atoms with van der Waals surface area (Å²) in [5, 5.41) is 6.31. The minimum Gasteiger partial charge on any atom is -0.465 e. The van der Waals surface area contributed by atoms with Crippen LogP contribution in [0.5, 0.6) is 0 Å². The first-order valence-corrected chi connectivity index (χ1v) is 9.80. The quantitative estimate of drug-likeness (QED) is 0.702. The smallest absolute Gasteiger partial charge is 0.341 e. The summed E-state index contributed by atoms with van der Waals surface area (Å²) in [5.74, 6) is -0.711. The second-order valence-corrected chi connectivity index (χ2v) is 8.07. The van der Waals surface area contributed by atoms with E-state index in [9.17, 15) is 14.4 Å². The molecule has 0 bridgehead atoms.